The van der Waals surface area contributed by atoms with Gasteiger partial charge in [0.15, 0.2) is 0 Å². The highest BCUT2D eigenvalue weighted by Crippen LogP contribution is 2.45. The number of aryl methyl sites for hydroxylation is 7. The highest BCUT2D eigenvalue weighted by molar-refractivity contribution is 6.21. The van der Waals surface area contributed by atoms with Crippen molar-refractivity contribution >= 4 is 53.9 Å². The molecular weight excluding hydrogens is 1620 g/mol. The van der Waals surface area contributed by atoms with Gasteiger partial charge in [0, 0.05) is 0 Å². The van der Waals surface area contributed by atoms with E-state index in [0.717, 1.165) is 111 Å². The molecule has 0 unspecified atom stereocenters. The molecule has 23 rings (SSSR count). The van der Waals surface area contributed by atoms with Crippen molar-refractivity contribution < 1.29 is 13.7 Å². The zero-order valence-electron chi connectivity index (χ0n) is 87.1. The van der Waals surface area contributed by atoms with Crippen molar-refractivity contribution in [2.45, 2.75) is 48.5 Å². The van der Waals surface area contributed by atoms with Crippen LogP contribution in [0.25, 0.3) is 176 Å². The van der Waals surface area contributed by atoms with Crippen LogP contribution in [-0.4, -0.2) is 0 Å². The van der Waals surface area contributed by atoms with E-state index in [1.54, 1.807) is 24.3 Å². The molecule has 23 aromatic rings. The zero-order chi connectivity index (χ0) is 101. The van der Waals surface area contributed by atoms with Crippen molar-refractivity contribution in [1.82, 2.24) is 0 Å². The van der Waals surface area contributed by atoms with Gasteiger partial charge in [0.25, 0.3) is 0 Å². The number of hydrogen-bond donors (Lipinski definition) is 0. The van der Waals surface area contributed by atoms with Gasteiger partial charge >= 0.3 is 0 Å². The lowest BCUT2D eigenvalue weighted by atomic mass is 9.86. The maximum absolute atomic E-state index is 8.27. The van der Waals surface area contributed by atoms with Crippen LogP contribution in [-0.2, 0) is 0 Å². The minimum absolute atomic E-state index is 0.255. The predicted molar refractivity (Wildman–Crippen MR) is 586 cm³/mol. The molecule has 650 valence electrons. The molecule has 0 bridgehead atoms. The minimum atomic E-state index is 0.255. The maximum Gasteiger partial charge on any atom is 0.0629 e. The van der Waals surface area contributed by atoms with E-state index < -0.39 is 0 Å². The van der Waals surface area contributed by atoms with Crippen molar-refractivity contribution in [2.75, 3.05) is 0 Å². The Hall–Kier alpha value is -16.6. The Balaban J connectivity index is 0.000000117. The van der Waals surface area contributed by atoms with Gasteiger partial charge in [-0.25, -0.2) is 0 Å². The summed E-state index contributed by atoms with van der Waals surface area (Å²) in [4.78, 5) is 0. The Labute approximate surface area is 811 Å². The second kappa shape index (κ2) is 44.3. The van der Waals surface area contributed by atoms with Crippen molar-refractivity contribution in [2.24, 2.45) is 0 Å². The molecule has 0 spiro atoms. The van der Waals surface area contributed by atoms with Crippen LogP contribution in [0.3, 0.4) is 0 Å². The van der Waals surface area contributed by atoms with E-state index in [4.69, 9.17) is 13.7 Å². The SMILES string of the molecule is [3H]c1cc(-c2ccc(C)cc2)c([3H])cc1-c1ccccc1.[3H]c1cc(-c2ccccc2)c([3H])cc1C.[3H]c1cc(-c2ccccc2)cc(-c2ccc(C)cc2)c1.[3H]c1cc2c(-c3ccccc3)ccc(-c3ccc(C)cc3)c2cc1[3H].[3H]c1ccc(-c2c3ccccc3c(-c3ccc(C)cc3)c3ccccc23)cc1.[3H]c1ccc(-c2ccc(C)c3ccccc23)cc1.[3H]c1cccc2c(-c3ccc(C)cc3)cccc12. The second-order valence-corrected chi connectivity index (χ2v) is 33.8. The summed E-state index contributed by atoms with van der Waals surface area (Å²) in [6.45, 7) is 14.4. The first-order valence-electron chi connectivity index (χ1n) is 50.9. The number of rotatable bonds is 11. The Morgan fingerprint density at radius 2 is 0.422 bits per heavy atom. The van der Waals surface area contributed by atoms with Gasteiger partial charge in [-0.2, -0.15) is 0 Å². The second-order valence-electron chi connectivity index (χ2n) is 33.8. The summed E-state index contributed by atoms with van der Waals surface area (Å²) in [5, 5.41) is 11.8. The van der Waals surface area contributed by atoms with Gasteiger partial charge in [0.05, 0.1) is 13.7 Å². The van der Waals surface area contributed by atoms with Gasteiger partial charge in [-0.1, -0.05) is 567 Å². The van der Waals surface area contributed by atoms with Crippen LogP contribution in [0.5, 0.6) is 0 Å². The maximum atomic E-state index is 8.27. The van der Waals surface area contributed by atoms with Gasteiger partial charge in [-0.05, 0) is 236 Å². The lowest BCUT2D eigenvalue weighted by molar-refractivity contribution is 1.47. The monoisotopic (exact) mass is 1750 g/mol. The van der Waals surface area contributed by atoms with Crippen LogP contribution in [0.1, 0.15) is 52.7 Å². The molecule has 0 fully saturated rings. The zero-order valence-corrected chi connectivity index (χ0v) is 77.1. The molecule has 0 amide bonds. The van der Waals surface area contributed by atoms with Crippen molar-refractivity contribution in [1.29, 1.82) is 0 Å². The van der Waals surface area contributed by atoms with Gasteiger partial charge in [0.2, 0.25) is 0 Å². The normalized spacial score (nSPS) is 11.7. The fraction of sp³-hybridized carbons (Fsp3) is 0.0519. The van der Waals surface area contributed by atoms with Crippen molar-refractivity contribution in [3.8, 4) is 122 Å². The lowest BCUT2D eigenvalue weighted by Crippen LogP contribution is -1.90. The highest BCUT2D eigenvalue weighted by atomic mass is 14.2. The molecule has 0 N–H and O–H groups in total. The molecule has 0 nitrogen and oxygen atoms in total. The quantitative estimate of drug-likeness (QED) is 0.113. The van der Waals surface area contributed by atoms with E-state index >= 15 is 0 Å². The molecule has 0 saturated heterocycles. The van der Waals surface area contributed by atoms with E-state index in [0.29, 0.717) is 48.3 Å². The molecule has 0 saturated carbocycles. The van der Waals surface area contributed by atoms with Crippen molar-refractivity contribution in [3.05, 3.63) is 579 Å². The smallest absolute Gasteiger partial charge is 0.0622 e. The Morgan fingerprint density at radius 3 is 0.859 bits per heavy atom. The average Bonchev–Trinajstić information content (AvgIpc) is 0.632. The summed E-state index contributed by atoms with van der Waals surface area (Å²) in [5.74, 6) is 0. The minimum Gasteiger partial charge on any atom is -0.0622 e. The summed E-state index contributed by atoms with van der Waals surface area (Å²) < 4.78 is 79.6. The van der Waals surface area contributed by atoms with E-state index in [9.17, 15) is 0 Å². The first-order chi connectivity index (χ1) is 70.4. The Kier molecular flexibility index (Phi) is 25.7. The molecule has 0 aliphatic rings. The summed E-state index contributed by atoms with van der Waals surface area (Å²) in [7, 11) is 0. The summed E-state index contributed by atoms with van der Waals surface area (Å²) in [5.41, 5.74) is 32.4. The molecule has 135 heavy (non-hydrogen) atoms. The fourth-order valence-electron chi connectivity index (χ4n) is 16.9. The first-order valence-corrected chi connectivity index (χ1v) is 45.9. The largest absolute Gasteiger partial charge is 0.0629 e. The third-order valence-electron chi connectivity index (χ3n) is 24.2. The Morgan fingerprint density at radius 1 is 0.133 bits per heavy atom. The molecule has 0 aromatic heterocycles. The van der Waals surface area contributed by atoms with Gasteiger partial charge in [-0.15, -0.1) is 0 Å². The van der Waals surface area contributed by atoms with Crippen LogP contribution in [0, 0.1) is 48.5 Å². The van der Waals surface area contributed by atoms with E-state index in [-0.39, 0.29) is 12.1 Å². The molecule has 0 radical (unpaired) electrons. The summed E-state index contributed by atoms with van der Waals surface area (Å²) >= 11 is 0. The standard InChI is InChI=1S/C27H20.C23H18.2C19H16.2C17H14.C13H12/c1-19-15-17-21(18-16-19)27-24-13-7-5-11-22(24)26(20-9-3-2-4-10-20)23-12-6-8-14-25(23)27;1-17-11-13-19(14-12-17)21-16-15-20(18-7-3-2-4-8-18)22-9-5-6-10-23(21)22;1-15-10-12-17(13-11-15)19-9-5-8-18(14-19)16-6-3-2-4-7-16;1-15-7-9-17(10-8-15)19-13-11-18(12-14-19)16-5-3-2-4-6-16;1-13-9-11-15(12-10-13)17-8-4-6-14-5-2-3-7-16(14)17;1-13-11-12-16(14-7-3-2-4-8-14)17-10-6-5-9-15(13)17;1-11-7-9-13(10-8-11)12-5-3-2-4-6-12/h2-18H,1H3;2-16H,1H3;2*2-14H,1H3;2*2-12H,1H3;2-10H,1H3/i2T;5T,6T;5T;11T,14T;5T;2T;7T,10T. The molecular formula is C135H110. The van der Waals surface area contributed by atoms with Gasteiger partial charge in [0.1, 0.15) is 0 Å². The fourth-order valence-corrected chi connectivity index (χ4v) is 16.9. The first kappa shape index (κ1) is 78.2. The molecule has 0 heteroatoms. The third-order valence-corrected chi connectivity index (χ3v) is 24.2. The van der Waals surface area contributed by atoms with Gasteiger partial charge in [-0.3, -0.25) is 0 Å². The number of fused-ring (bicyclic) bond motifs is 5. The number of benzene rings is 23. The highest BCUT2D eigenvalue weighted by Gasteiger charge is 2.18. The van der Waals surface area contributed by atoms with E-state index in [1.807, 2.05) is 220 Å². The molecule has 0 atom stereocenters. The van der Waals surface area contributed by atoms with E-state index in [1.165, 1.54) is 105 Å². The van der Waals surface area contributed by atoms with E-state index in [2.05, 4.69) is 283 Å². The molecule has 0 heterocycles. The molecule has 23 aromatic carbocycles. The summed E-state index contributed by atoms with van der Waals surface area (Å²) in [6.07, 6.45) is 0. The van der Waals surface area contributed by atoms with Crippen LogP contribution in [0.2, 0.25) is 0 Å². The van der Waals surface area contributed by atoms with Crippen molar-refractivity contribution in [3.63, 3.8) is 0 Å². The predicted octanol–water partition coefficient (Wildman–Crippen LogP) is 38.1. The van der Waals surface area contributed by atoms with Crippen LogP contribution in [0.15, 0.2) is 540 Å². The lowest BCUT2D eigenvalue weighted by Gasteiger charge is -2.17. The Bertz CT molecular complexity index is 8210. The van der Waals surface area contributed by atoms with Crippen LogP contribution >= 0.6 is 0 Å². The van der Waals surface area contributed by atoms with Crippen LogP contribution in [0.4, 0.5) is 0 Å². The molecule has 0 aliphatic carbocycles. The summed E-state index contributed by atoms with van der Waals surface area (Å²) in [6, 6.07) is 165. The third kappa shape index (κ3) is 22.7. The molecule has 0 aliphatic heterocycles. The number of hydrogen-bond acceptors (Lipinski definition) is 0. The average molecular weight is 1750 g/mol. The van der Waals surface area contributed by atoms with Crippen LogP contribution < -0.4 is 0 Å². The topological polar surface area (TPSA) is 0 Å². The van der Waals surface area contributed by atoms with Gasteiger partial charge < -0.3 is 0 Å².